The molecule has 3 nitrogen and oxygen atoms in total. The number of nitrogens with zero attached hydrogens (tertiary/aromatic N) is 2. The molecule has 0 fully saturated rings. The summed E-state index contributed by atoms with van der Waals surface area (Å²) in [7, 11) is 0. The predicted molar refractivity (Wildman–Crippen MR) is 83.7 cm³/mol. The second kappa shape index (κ2) is 6.35. The quantitative estimate of drug-likeness (QED) is 0.877. The van der Waals surface area contributed by atoms with Gasteiger partial charge in [-0.3, -0.25) is 0 Å². The van der Waals surface area contributed by atoms with Crippen molar-refractivity contribution in [1.29, 1.82) is 0 Å². The van der Waals surface area contributed by atoms with Gasteiger partial charge in [0, 0.05) is 12.1 Å². The van der Waals surface area contributed by atoms with Crippen molar-refractivity contribution < 1.29 is 0 Å². The van der Waals surface area contributed by atoms with E-state index in [-0.39, 0.29) is 0 Å². The van der Waals surface area contributed by atoms with E-state index in [1.54, 1.807) is 0 Å². The summed E-state index contributed by atoms with van der Waals surface area (Å²) in [5, 5.41) is 3.95. The lowest BCUT2D eigenvalue weighted by Crippen LogP contribution is -2.06. The molecule has 2 aromatic rings. The number of benzene rings is 1. The van der Waals surface area contributed by atoms with Crippen LogP contribution in [0.2, 0.25) is 5.02 Å². The summed E-state index contributed by atoms with van der Waals surface area (Å²) in [6.45, 7) is 4.93. The molecule has 0 aliphatic rings. The molecular formula is C14H15BrClN3. The Kier molecular flexibility index (Phi) is 4.77. The molecule has 0 radical (unpaired) electrons. The van der Waals surface area contributed by atoms with Crippen molar-refractivity contribution in [3.8, 4) is 11.4 Å². The number of nitrogens with one attached hydrogen (secondary N) is 1. The maximum Gasteiger partial charge on any atom is 0.163 e. The molecule has 1 aromatic heterocycles. The van der Waals surface area contributed by atoms with Crippen molar-refractivity contribution in [2.75, 3.05) is 11.9 Å². The topological polar surface area (TPSA) is 37.8 Å². The summed E-state index contributed by atoms with van der Waals surface area (Å²) < 4.78 is 0.900. The van der Waals surface area contributed by atoms with Crippen LogP contribution in [0.15, 0.2) is 28.7 Å². The summed E-state index contributed by atoms with van der Waals surface area (Å²) in [5.41, 5.74) is 1.74. The summed E-state index contributed by atoms with van der Waals surface area (Å²) in [6, 6.07) is 7.60. The number of aryl methyl sites for hydroxylation is 1. The zero-order chi connectivity index (χ0) is 13.8. The van der Waals surface area contributed by atoms with Gasteiger partial charge in [-0.1, -0.05) is 30.7 Å². The Bertz CT molecular complexity index is 587. The molecule has 0 aliphatic carbocycles. The molecule has 5 heteroatoms. The number of halogens is 2. The highest BCUT2D eigenvalue weighted by Crippen LogP contribution is 2.30. The van der Waals surface area contributed by atoms with Crippen LogP contribution in [0.5, 0.6) is 0 Å². The van der Waals surface area contributed by atoms with E-state index in [2.05, 4.69) is 38.1 Å². The van der Waals surface area contributed by atoms with E-state index in [1.165, 1.54) is 0 Å². The summed E-state index contributed by atoms with van der Waals surface area (Å²) in [6.07, 6.45) is 1.04. The minimum absolute atomic E-state index is 0.643. The molecule has 1 N–H and O–H groups in total. The Morgan fingerprint density at radius 3 is 2.68 bits per heavy atom. The molecule has 0 saturated heterocycles. The third-order valence-corrected chi connectivity index (χ3v) is 3.95. The Morgan fingerprint density at radius 2 is 2.00 bits per heavy atom. The SMILES string of the molecule is CCCNc1nc(-c2ccccc2Cl)nc(C)c1Br. The molecule has 1 aromatic carbocycles. The van der Waals surface area contributed by atoms with Crippen LogP contribution in [-0.4, -0.2) is 16.5 Å². The van der Waals surface area contributed by atoms with Crippen LogP contribution in [-0.2, 0) is 0 Å². The van der Waals surface area contributed by atoms with Crippen LogP contribution in [0.4, 0.5) is 5.82 Å². The monoisotopic (exact) mass is 339 g/mol. The minimum atomic E-state index is 0.643. The minimum Gasteiger partial charge on any atom is -0.369 e. The number of hydrogen-bond acceptors (Lipinski definition) is 3. The largest absolute Gasteiger partial charge is 0.369 e. The van der Waals surface area contributed by atoms with Crippen molar-refractivity contribution in [1.82, 2.24) is 9.97 Å². The van der Waals surface area contributed by atoms with Crippen molar-refractivity contribution in [2.45, 2.75) is 20.3 Å². The smallest absolute Gasteiger partial charge is 0.163 e. The lowest BCUT2D eigenvalue weighted by molar-refractivity contribution is 0.958. The fourth-order valence-corrected chi connectivity index (χ4v) is 2.22. The zero-order valence-corrected chi connectivity index (χ0v) is 13.2. The Hall–Kier alpha value is -1.13. The number of anilines is 1. The van der Waals surface area contributed by atoms with Crippen molar-refractivity contribution >= 4 is 33.3 Å². The number of rotatable bonds is 4. The highest BCUT2D eigenvalue weighted by atomic mass is 79.9. The molecule has 0 atom stereocenters. The third kappa shape index (κ3) is 3.25. The van der Waals surface area contributed by atoms with Gasteiger partial charge in [-0.2, -0.15) is 0 Å². The van der Waals surface area contributed by atoms with Gasteiger partial charge in [0.1, 0.15) is 5.82 Å². The van der Waals surface area contributed by atoms with E-state index in [9.17, 15) is 0 Å². The lowest BCUT2D eigenvalue weighted by atomic mass is 10.2. The molecular weight excluding hydrogens is 326 g/mol. The fourth-order valence-electron chi connectivity index (χ4n) is 1.68. The Morgan fingerprint density at radius 1 is 1.26 bits per heavy atom. The maximum atomic E-state index is 6.20. The molecule has 100 valence electrons. The van der Waals surface area contributed by atoms with E-state index in [4.69, 9.17) is 11.6 Å². The summed E-state index contributed by atoms with van der Waals surface area (Å²) in [5.74, 6) is 1.45. The van der Waals surface area contributed by atoms with Gasteiger partial charge in [-0.15, -0.1) is 0 Å². The van der Waals surface area contributed by atoms with E-state index < -0.39 is 0 Å². The number of aromatic nitrogens is 2. The molecule has 0 aliphatic heterocycles. The fraction of sp³-hybridized carbons (Fsp3) is 0.286. The first-order valence-electron chi connectivity index (χ1n) is 6.16. The Balaban J connectivity index is 2.47. The average molecular weight is 341 g/mol. The standard InChI is InChI=1S/C14H15BrClN3/c1-3-8-17-14-12(15)9(2)18-13(19-14)10-6-4-5-7-11(10)16/h4-7H,3,8H2,1-2H3,(H,17,18,19). The van der Waals surface area contributed by atoms with E-state index in [0.717, 1.165) is 34.5 Å². The van der Waals surface area contributed by atoms with Gasteiger partial charge < -0.3 is 5.32 Å². The first kappa shape index (κ1) is 14.3. The zero-order valence-electron chi connectivity index (χ0n) is 10.9. The molecule has 1 heterocycles. The van der Waals surface area contributed by atoms with Gasteiger partial charge in [-0.05, 0) is 41.4 Å². The van der Waals surface area contributed by atoms with E-state index in [0.29, 0.717) is 10.8 Å². The lowest BCUT2D eigenvalue weighted by Gasteiger charge is -2.11. The first-order valence-corrected chi connectivity index (χ1v) is 7.33. The van der Waals surface area contributed by atoms with Crippen LogP contribution in [0, 0.1) is 6.92 Å². The first-order chi connectivity index (χ1) is 9.13. The predicted octanol–water partition coefficient (Wildman–Crippen LogP) is 4.69. The van der Waals surface area contributed by atoms with Gasteiger partial charge >= 0.3 is 0 Å². The van der Waals surface area contributed by atoms with Crippen molar-refractivity contribution in [3.05, 3.63) is 39.5 Å². The van der Waals surface area contributed by atoms with Crippen LogP contribution < -0.4 is 5.32 Å². The molecule has 0 unspecified atom stereocenters. The normalized spacial score (nSPS) is 10.5. The highest BCUT2D eigenvalue weighted by molar-refractivity contribution is 9.10. The van der Waals surface area contributed by atoms with Gasteiger partial charge in [-0.25, -0.2) is 9.97 Å². The van der Waals surface area contributed by atoms with Crippen LogP contribution in [0.1, 0.15) is 19.0 Å². The van der Waals surface area contributed by atoms with Crippen LogP contribution >= 0.6 is 27.5 Å². The summed E-state index contributed by atoms with van der Waals surface area (Å²) >= 11 is 9.71. The number of hydrogen-bond donors (Lipinski definition) is 1. The molecule has 0 amide bonds. The van der Waals surface area contributed by atoms with Gasteiger partial charge in [0.15, 0.2) is 5.82 Å². The average Bonchev–Trinajstić information content (AvgIpc) is 2.41. The molecule has 0 spiro atoms. The highest BCUT2D eigenvalue weighted by Gasteiger charge is 2.12. The maximum absolute atomic E-state index is 6.20. The molecule has 0 saturated carbocycles. The third-order valence-electron chi connectivity index (χ3n) is 2.67. The van der Waals surface area contributed by atoms with Crippen LogP contribution in [0.25, 0.3) is 11.4 Å². The van der Waals surface area contributed by atoms with E-state index >= 15 is 0 Å². The van der Waals surface area contributed by atoms with Gasteiger partial charge in [0.05, 0.1) is 15.2 Å². The second-order valence-electron chi connectivity index (χ2n) is 4.20. The summed E-state index contributed by atoms with van der Waals surface area (Å²) in [4.78, 5) is 9.04. The molecule has 19 heavy (non-hydrogen) atoms. The Labute approximate surface area is 126 Å². The van der Waals surface area contributed by atoms with Crippen LogP contribution in [0.3, 0.4) is 0 Å². The van der Waals surface area contributed by atoms with Gasteiger partial charge in [0.25, 0.3) is 0 Å². The van der Waals surface area contributed by atoms with Gasteiger partial charge in [0.2, 0.25) is 0 Å². The van der Waals surface area contributed by atoms with E-state index in [1.807, 2.05) is 31.2 Å². The molecule has 0 bridgehead atoms. The second-order valence-corrected chi connectivity index (χ2v) is 5.40. The van der Waals surface area contributed by atoms with Crippen molar-refractivity contribution in [3.63, 3.8) is 0 Å². The molecule has 2 rings (SSSR count). The van der Waals surface area contributed by atoms with Crippen molar-refractivity contribution in [2.24, 2.45) is 0 Å².